The molecule has 0 aliphatic carbocycles. The second-order valence-corrected chi connectivity index (χ2v) is 7.45. The monoisotopic (exact) mass is 303 g/mol. The molecule has 0 saturated carbocycles. The average molecular weight is 304 g/mol. The summed E-state index contributed by atoms with van der Waals surface area (Å²) in [5.41, 5.74) is 0.331. The molecule has 0 aromatic heterocycles. The largest absolute Gasteiger partial charge is 0.350 e. The SMILES string of the molecule is CC(Cl)CC(C)NC(=O)c1cccc(S(C)(=O)=O)c1. The molecule has 0 radical (unpaired) electrons. The molecule has 0 bridgehead atoms. The zero-order valence-electron chi connectivity index (χ0n) is 11.2. The van der Waals surface area contributed by atoms with Crippen LogP contribution in [0.1, 0.15) is 30.6 Å². The van der Waals surface area contributed by atoms with Gasteiger partial charge in [-0.2, -0.15) is 0 Å². The van der Waals surface area contributed by atoms with Gasteiger partial charge in [0, 0.05) is 23.2 Å². The van der Waals surface area contributed by atoms with Crippen molar-refractivity contribution in [1.82, 2.24) is 5.32 Å². The van der Waals surface area contributed by atoms with Crippen molar-refractivity contribution < 1.29 is 13.2 Å². The Hall–Kier alpha value is -1.07. The first-order valence-electron chi connectivity index (χ1n) is 5.95. The number of amides is 1. The Bertz CT molecular complexity index is 555. The fourth-order valence-electron chi connectivity index (χ4n) is 1.72. The number of nitrogens with one attached hydrogen (secondary N) is 1. The molecule has 1 N–H and O–H groups in total. The number of sulfone groups is 1. The van der Waals surface area contributed by atoms with Crippen molar-refractivity contribution in [3.63, 3.8) is 0 Å². The number of halogens is 1. The quantitative estimate of drug-likeness (QED) is 0.848. The van der Waals surface area contributed by atoms with Gasteiger partial charge in [-0.15, -0.1) is 11.6 Å². The van der Waals surface area contributed by atoms with Crippen LogP contribution in [0.25, 0.3) is 0 Å². The third-order valence-electron chi connectivity index (χ3n) is 2.58. The van der Waals surface area contributed by atoms with E-state index in [1.165, 1.54) is 12.1 Å². The van der Waals surface area contributed by atoms with E-state index in [9.17, 15) is 13.2 Å². The predicted octanol–water partition coefficient (Wildman–Crippen LogP) is 2.23. The zero-order chi connectivity index (χ0) is 14.6. The van der Waals surface area contributed by atoms with E-state index in [4.69, 9.17) is 11.6 Å². The molecule has 1 amide bonds. The van der Waals surface area contributed by atoms with Crippen LogP contribution in [-0.4, -0.2) is 32.0 Å². The normalized spacial score (nSPS) is 14.7. The number of rotatable bonds is 5. The second-order valence-electron chi connectivity index (χ2n) is 4.69. The van der Waals surface area contributed by atoms with E-state index in [1.807, 2.05) is 13.8 Å². The summed E-state index contributed by atoms with van der Waals surface area (Å²) in [7, 11) is -3.31. The minimum atomic E-state index is -3.31. The molecule has 1 rings (SSSR count). The van der Waals surface area contributed by atoms with Gasteiger partial charge in [0.05, 0.1) is 4.90 Å². The van der Waals surface area contributed by atoms with Crippen molar-refractivity contribution in [3.8, 4) is 0 Å². The lowest BCUT2D eigenvalue weighted by Gasteiger charge is -2.15. The lowest BCUT2D eigenvalue weighted by Crippen LogP contribution is -2.34. The van der Waals surface area contributed by atoms with Crippen molar-refractivity contribution in [2.24, 2.45) is 0 Å². The zero-order valence-corrected chi connectivity index (χ0v) is 12.8. The van der Waals surface area contributed by atoms with Gasteiger partial charge >= 0.3 is 0 Å². The van der Waals surface area contributed by atoms with E-state index in [1.54, 1.807) is 12.1 Å². The van der Waals surface area contributed by atoms with Gasteiger partial charge in [0.1, 0.15) is 0 Å². The maximum Gasteiger partial charge on any atom is 0.251 e. The number of carbonyl (C=O) groups is 1. The smallest absolute Gasteiger partial charge is 0.251 e. The van der Waals surface area contributed by atoms with Crippen LogP contribution in [0, 0.1) is 0 Å². The van der Waals surface area contributed by atoms with E-state index in [0.29, 0.717) is 12.0 Å². The molecule has 0 saturated heterocycles. The van der Waals surface area contributed by atoms with E-state index in [2.05, 4.69) is 5.32 Å². The van der Waals surface area contributed by atoms with Crippen molar-refractivity contribution in [2.45, 2.75) is 36.6 Å². The summed E-state index contributed by atoms with van der Waals surface area (Å²) in [6, 6.07) is 5.92. The number of alkyl halides is 1. The fraction of sp³-hybridized carbons (Fsp3) is 0.462. The Morgan fingerprint density at radius 2 is 2.00 bits per heavy atom. The van der Waals surface area contributed by atoms with Gasteiger partial charge in [-0.3, -0.25) is 4.79 Å². The molecule has 0 aliphatic heterocycles. The highest BCUT2D eigenvalue weighted by Crippen LogP contribution is 2.12. The molecule has 0 heterocycles. The van der Waals surface area contributed by atoms with Gasteiger partial charge in [-0.1, -0.05) is 6.07 Å². The minimum Gasteiger partial charge on any atom is -0.350 e. The molecule has 0 aliphatic rings. The maximum absolute atomic E-state index is 12.0. The molecule has 4 nitrogen and oxygen atoms in total. The van der Waals surface area contributed by atoms with E-state index >= 15 is 0 Å². The molecular formula is C13H18ClNO3S. The molecule has 0 fully saturated rings. The fourth-order valence-corrected chi connectivity index (χ4v) is 2.66. The lowest BCUT2D eigenvalue weighted by atomic mass is 10.1. The first-order chi connectivity index (χ1) is 8.70. The summed E-state index contributed by atoms with van der Waals surface area (Å²) >= 11 is 5.86. The minimum absolute atomic E-state index is 0.0300. The van der Waals surface area contributed by atoms with Gasteiger partial charge in [0.25, 0.3) is 5.91 Å². The lowest BCUT2D eigenvalue weighted by molar-refractivity contribution is 0.0938. The van der Waals surface area contributed by atoms with Crippen LogP contribution in [0.15, 0.2) is 29.2 Å². The standard InChI is InChI=1S/C13H18ClNO3S/c1-9(14)7-10(2)15-13(16)11-5-4-6-12(8-11)19(3,17)18/h4-6,8-10H,7H2,1-3H3,(H,15,16). The topological polar surface area (TPSA) is 63.2 Å². The highest BCUT2D eigenvalue weighted by Gasteiger charge is 2.14. The Morgan fingerprint density at radius 1 is 1.37 bits per heavy atom. The van der Waals surface area contributed by atoms with Gasteiger partial charge in [0.2, 0.25) is 0 Å². The number of carbonyl (C=O) groups excluding carboxylic acids is 1. The first kappa shape index (κ1) is 16.0. The molecule has 2 atom stereocenters. The van der Waals surface area contributed by atoms with Gasteiger partial charge < -0.3 is 5.32 Å². The Balaban J connectivity index is 2.84. The highest BCUT2D eigenvalue weighted by atomic mass is 35.5. The maximum atomic E-state index is 12.0. The van der Waals surface area contributed by atoms with Crippen molar-refractivity contribution in [2.75, 3.05) is 6.26 Å². The number of benzene rings is 1. The molecule has 0 spiro atoms. The predicted molar refractivity (Wildman–Crippen MR) is 76.4 cm³/mol. The molecular weight excluding hydrogens is 286 g/mol. The Labute approximate surface area is 119 Å². The Morgan fingerprint density at radius 3 is 2.53 bits per heavy atom. The van der Waals surface area contributed by atoms with Crippen LogP contribution >= 0.6 is 11.6 Å². The summed E-state index contributed by atoms with van der Waals surface area (Å²) in [5.74, 6) is -0.296. The number of hydrogen-bond acceptors (Lipinski definition) is 3. The van der Waals surface area contributed by atoms with Crippen LogP contribution in [0.5, 0.6) is 0 Å². The van der Waals surface area contributed by atoms with Crippen LogP contribution in [0.3, 0.4) is 0 Å². The van der Waals surface area contributed by atoms with Gasteiger partial charge in [-0.25, -0.2) is 8.42 Å². The van der Waals surface area contributed by atoms with Crippen LogP contribution < -0.4 is 5.32 Å². The molecule has 1 aromatic carbocycles. The molecule has 1 aromatic rings. The average Bonchev–Trinajstić information content (AvgIpc) is 2.26. The molecule has 2 unspecified atom stereocenters. The van der Waals surface area contributed by atoms with E-state index < -0.39 is 9.84 Å². The van der Waals surface area contributed by atoms with E-state index in [-0.39, 0.29) is 22.2 Å². The summed E-state index contributed by atoms with van der Waals surface area (Å²) in [4.78, 5) is 12.1. The summed E-state index contributed by atoms with van der Waals surface area (Å²) in [5, 5.41) is 2.76. The third kappa shape index (κ3) is 5.20. The third-order valence-corrected chi connectivity index (χ3v) is 3.87. The highest BCUT2D eigenvalue weighted by molar-refractivity contribution is 7.90. The van der Waals surface area contributed by atoms with Gasteiger partial charge in [-0.05, 0) is 38.5 Å². The Kier molecular flexibility index (Phi) is 5.38. The molecule has 6 heteroatoms. The van der Waals surface area contributed by atoms with Crippen LogP contribution in [0.2, 0.25) is 0 Å². The second kappa shape index (κ2) is 6.39. The first-order valence-corrected chi connectivity index (χ1v) is 8.28. The van der Waals surface area contributed by atoms with Gasteiger partial charge in [0.15, 0.2) is 9.84 Å². The van der Waals surface area contributed by atoms with Crippen LogP contribution in [0.4, 0.5) is 0 Å². The van der Waals surface area contributed by atoms with Crippen molar-refractivity contribution in [1.29, 1.82) is 0 Å². The molecule has 19 heavy (non-hydrogen) atoms. The van der Waals surface area contributed by atoms with Crippen LogP contribution in [-0.2, 0) is 9.84 Å². The summed E-state index contributed by atoms with van der Waals surface area (Å²) < 4.78 is 22.9. The van der Waals surface area contributed by atoms with Crippen molar-refractivity contribution in [3.05, 3.63) is 29.8 Å². The molecule has 106 valence electrons. The number of hydrogen-bond donors (Lipinski definition) is 1. The summed E-state index contributed by atoms with van der Waals surface area (Å²) in [6.07, 6.45) is 1.76. The van der Waals surface area contributed by atoms with E-state index in [0.717, 1.165) is 6.26 Å². The summed E-state index contributed by atoms with van der Waals surface area (Å²) in [6.45, 7) is 3.71. The van der Waals surface area contributed by atoms with Crippen molar-refractivity contribution >= 4 is 27.3 Å².